The van der Waals surface area contributed by atoms with Gasteiger partial charge in [0, 0.05) is 31.0 Å². The van der Waals surface area contributed by atoms with Gasteiger partial charge in [-0.05, 0) is 38.2 Å². The Kier molecular flexibility index (Phi) is 4.47. The lowest BCUT2D eigenvalue weighted by atomic mass is 10.1. The molecule has 20 heavy (non-hydrogen) atoms. The smallest absolute Gasteiger partial charge is 0.250 e. The van der Waals surface area contributed by atoms with Crippen molar-refractivity contribution in [3.05, 3.63) is 23.6 Å². The van der Waals surface area contributed by atoms with Crippen LogP contribution in [-0.4, -0.2) is 30.3 Å². The number of aromatic nitrogens is 1. The highest BCUT2D eigenvalue weighted by Crippen LogP contribution is 2.22. The van der Waals surface area contributed by atoms with Crippen molar-refractivity contribution in [3.63, 3.8) is 0 Å². The van der Waals surface area contributed by atoms with Crippen LogP contribution < -0.4 is 10.1 Å². The molecule has 1 aromatic rings. The number of hydrogen-bond acceptors (Lipinski definition) is 4. The van der Waals surface area contributed by atoms with Crippen molar-refractivity contribution >= 4 is 0 Å². The summed E-state index contributed by atoms with van der Waals surface area (Å²) in [4.78, 5) is 3.99. The minimum absolute atomic E-state index is 0.0678. The highest BCUT2D eigenvalue weighted by Gasteiger charge is 2.22. The number of ether oxygens (including phenoxy) is 2. The Labute approximate surface area is 118 Å². The third-order valence-electron chi connectivity index (χ3n) is 3.78. The largest absolute Gasteiger partial charge is 0.473 e. The Morgan fingerprint density at radius 3 is 3.00 bits per heavy atom. The molecule has 110 valence electrons. The number of hydrogen-bond donors (Lipinski definition) is 1. The fraction of sp³-hybridized carbons (Fsp3) is 0.667. The van der Waals surface area contributed by atoms with E-state index in [1.165, 1.54) is 12.8 Å². The van der Waals surface area contributed by atoms with Crippen LogP contribution in [0.5, 0.6) is 5.88 Å². The lowest BCUT2D eigenvalue weighted by Crippen LogP contribution is -2.26. The van der Waals surface area contributed by atoms with Crippen molar-refractivity contribution in [2.75, 3.05) is 13.2 Å². The standard InChI is InChI=1S/C15H21FN2O2/c16-14-11(9-18-12-4-5-12)6-7-17-15(14)20-10-13-3-1-2-8-19-13/h6-7,12-13,18H,1-5,8-10H2. The van der Waals surface area contributed by atoms with E-state index in [9.17, 15) is 4.39 Å². The van der Waals surface area contributed by atoms with Crippen LogP contribution in [0.4, 0.5) is 4.39 Å². The molecule has 0 aromatic carbocycles. The van der Waals surface area contributed by atoms with Crippen LogP contribution in [0.1, 0.15) is 37.7 Å². The molecule has 1 atom stereocenters. The first kappa shape index (κ1) is 13.8. The number of pyridine rings is 1. The molecule has 1 unspecified atom stereocenters. The van der Waals surface area contributed by atoms with Gasteiger partial charge in [-0.3, -0.25) is 0 Å². The number of nitrogens with zero attached hydrogens (tertiary/aromatic N) is 1. The summed E-state index contributed by atoms with van der Waals surface area (Å²) in [7, 11) is 0. The van der Waals surface area contributed by atoms with Gasteiger partial charge in [0.15, 0.2) is 5.82 Å². The van der Waals surface area contributed by atoms with Crippen LogP contribution in [0.25, 0.3) is 0 Å². The molecule has 0 radical (unpaired) electrons. The summed E-state index contributed by atoms with van der Waals surface area (Å²) in [6, 6.07) is 2.26. The molecule has 0 spiro atoms. The van der Waals surface area contributed by atoms with E-state index in [1.54, 1.807) is 12.3 Å². The average Bonchev–Trinajstić information content (AvgIpc) is 3.30. The van der Waals surface area contributed by atoms with Crippen molar-refractivity contribution in [1.29, 1.82) is 0 Å². The predicted molar refractivity (Wildman–Crippen MR) is 73.1 cm³/mol. The van der Waals surface area contributed by atoms with Crippen LogP contribution in [0.15, 0.2) is 12.3 Å². The molecule has 0 amide bonds. The molecule has 2 heterocycles. The molecule has 0 bridgehead atoms. The predicted octanol–water partition coefficient (Wildman–Crippen LogP) is 2.42. The molecule has 1 aliphatic carbocycles. The Hall–Kier alpha value is -1.20. The van der Waals surface area contributed by atoms with Gasteiger partial charge < -0.3 is 14.8 Å². The highest BCUT2D eigenvalue weighted by atomic mass is 19.1. The summed E-state index contributed by atoms with van der Waals surface area (Å²) in [6.07, 6.45) is 7.28. The fourth-order valence-electron chi connectivity index (χ4n) is 2.35. The first-order valence-corrected chi connectivity index (χ1v) is 7.44. The lowest BCUT2D eigenvalue weighted by Gasteiger charge is -2.22. The summed E-state index contributed by atoms with van der Waals surface area (Å²) < 4.78 is 25.3. The van der Waals surface area contributed by atoms with E-state index in [-0.39, 0.29) is 17.8 Å². The summed E-state index contributed by atoms with van der Waals surface area (Å²) in [5.41, 5.74) is 0.617. The van der Waals surface area contributed by atoms with Crippen LogP contribution in [0, 0.1) is 5.82 Å². The zero-order chi connectivity index (χ0) is 13.8. The maximum absolute atomic E-state index is 14.2. The van der Waals surface area contributed by atoms with Crippen LogP contribution in [0.2, 0.25) is 0 Å². The maximum Gasteiger partial charge on any atom is 0.250 e. The molecular weight excluding hydrogens is 259 g/mol. The normalized spacial score (nSPS) is 22.8. The molecule has 2 aliphatic rings. The van der Waals surface area contributed by atoms with E-state index in [0.29, 0.717) is 24.8 Å². The fourth-order valence-corrected chi connectivity index (χ4v) is 2.35. The third-order valence-corrected chi connectivity index (χ3v) is 3.78. The van der Waals surface area contributed by atoms with E-state index in [4.69, 9.17) is 9.47 Å². The zero-order valence-corrected chi connectivity index (χ0v) is 11.6. The Morgan fingerprint density at radius 2 is 2.25 bits per heavy atom. The first-order chi connectivity index (χ1) is 9.83. The van der Waals surface area contributed by atoms with Gasteiger partial charge >= 0.3 is 0 Å². The molecule has 5 heteroatoms. The van der Waals surface area contributed by atoms with Gasteiger partial charge in [0.1, 0.15) is 6.61 Å². The lowest BCUT2D eigenvalue weighted by molar-refractivity contribution is -0.0127. The Morgan fingerprint density at radius 1 is 1.35 bits per heavy atom. The Bertz CT molecular complexity index is 445. The number of nitrogens with one attached hydrogen (secondary N) is 1. The second kappa shape index (κ2) is 6.50. The summed E-state index contributed by atoms with van der Waals surface area (Å²) in [5.74, 6) is -0.259. The molecule has 1 saturated heterocycles. The van der Waals surface area contributed by atoms with Crippen molar-refractivity contribution in [3.8, 4) is 5.88 Å². The van der Waals surface area contributed by atoms with Crippen LogP contribution in [0.3, 0.4) is 0 Å². The minimum atomic E-state index is -0.351. The summed E-state index contributed by atoms with van der Waals surface area (Å²) in [5, 5.41) is 3.30. The molecule has 1 aromatic heterocycles. The average molecular weight is 280 g/mol. The quantitative estimate of drug-likeness (QED) is 0.869. The van der Waals surface area contributed by atoms with E-state index in [1.807, 2.05) is 0 Å². The summed E-state index contributed by atoms with van der Waals surface area (Å²) >= 11 is 0. The van der Waals surface area contributed by atoms with Gasteiger partial charge in [0.25, 0.3) is 5.88 Å². The molecule has 1 saturated carbocycles. The number of rotatable bonds is 6. The van der Waals surface area contributed by atoms with Gasteiger partial charge in [-0.15, -0.1) is 0 Å². The Balaban J connectivity index is 1.55. The monoisotopic (exact) mass is 280 g/mol. The van der Waals surface area contributed by atoms with Crippen molar-refractivity contribution in [2.45, 2.75) is 50.8 Å². The number of halogens is 1. The minimum Gasteiger partial charge on any atom is -0.473 e. The summed E-state index contributed by atoms with van der Waals surface area (Å²) in [6.45, 7) is 1.69. The van der Waals surface area contributed by atoms with Crippen LogP contribution >= 0.6 is 0 Å². The van der Waals surface area contributed by atoms with Gasteiger partial charge in [0.2, 0.25) is 0 Å². The van der Waals surface area contributed by atoms with Gasteiger partial charge in [-0.25, -0.2) is 9.37 Å². The second-order valence-corrected chi connectivity index (χ2v) is 5.54. The molecular formula is C15H21FN2O2. The van der Waals surface area contributed by atoms with Crippen molar-refractivity contribution in [1.82, 2.24) is 10.3 Å². The van der Waals surface area contributed by atoms with E-state index in [0.717, 1.165) is 25.9 Å². The van der Waals surface area contributed by atoms with Crippen LogP contribution in [-0.2, 0) is 11.3 Å². The van der Waals surface area contributed by atoms with Crippen molar-refractivity contribution in [2.24, 2.45) is 0 Å². The molecule has 1 aliphatic heterocycles. The molecule has 2 fully saturated rings. The maximum atomic E-state index is 14.2. The second-order valence-electron chi connectivity index (χ2n) is 5.54. The van der Waals surface area contributed by atoms with Crippen molar-refractivity contribution < 1.29 is 13.9 Å². The zero-order valence-electron chi connectivity index (χ0n) is 11.6. The van der Waals surface area contributed by atoms with Gasteiger partial charge in [-0.2, -0.15) is 0 Å². The SMILES string of the molecule is Fc1c(CNC2CC2)ccnc1OCC1CCCCO1. The van der Waals surface area contributed by atoms with Gasteiger partial charge in [0.05, 0.1) is 6.10 Å². The first-order valence-electron chi connectivity index (χ1n) is 7.44. The van der Waals surface area contributed by atoms with Gasteiger partial charge in [-0.1, -0.05) is 0 Å². The molecule has 3 rings (SSSR count). The third kappa shape index (κ3) is 3.67. The molecule has 4 nitrogen and oxygen atoms in total. The van der Waals surface area contributed by atoms with E-state index >= 15 is 0 Å². The topological polar surface area (TPSA) is 43.4 Å². The van der Waals surface area contributed by atoms with E-state index < -0.39 is 0 Å². The van der Waals surface area contributed by atoms with E-state index in [2.05, 4.69) is 10.3 Å². The molecule has 1 N–H and O–H groups in total. The highest BCUT2D eigenvalue weighted by molar-refractivity contribution is 5.23.